The van der Waals surface area contributed by atoms with Gasteiger partial charge in [0.25, 0.3) is 0 Å². The minimum Gasteiger partial charge on any atom is -0.323 e. The quantitative estimate of drug-likeness (QED) is 0.875. The Morgan fingerprint density at radius 1 is 1.53 bits per heavy atom. The highest BCUT2D eigenvalue weighted by Crippen LogP contribution is 2.29. The highest BCUT2D eigenvalue weighted by molar-refractivity contribution is 7.99. The fraction of sp³-hybridized carbons (Fsp3) is 0.833. The molecule has 1 aromatic heterocycles. The van der Waals surface area contributed by atoms with E-state index in [0.29, 0.717) is 0 Å². The van der Waals surface area contributed by atoms with E-state index in [4.69, 9.17) is 5.73 Å². The van der Waals surface area contributed by atoms with E-state index >= 15 is 0 Å². The third-order valence-electron chi connectivity index (χ3n) is 3.39. The summed E-state index contributed by atoms with van der Waals surface area (Å²) < 4.78 is 1.96. The van der Waals surface area contributed by atoms with Crippen LogP contribution in [0.1, 0.15) is 44.3 Å². The van der Waals surface area contributed by atoms with Crippen LogP contribution in [0, 0.1) is 5.92 Å². The van der Waals surface area contributed by atoms with Gasteiger partial charge in [-0.15, -0.1) is 5.10 Å². The first-order valence-electron chi connectivity index (χ1n) is 6.53. The number of hydrogen-bond acceptors (Lipinski definition) is 4. The molecule has 0 amide bonds. The molecule has 0 bridgehead atoms. The molecule has 1 aromatic rings. The molecule has 5 heteroatoms. The Labute approximate surface area is 107 Å². The second-order valence-corrected chi connectivity index (χ2v) is 6.00. The molecule has 1 atom stereocenters. The van der Waals surface area contributed by atoms with Crippen molar-refractivity contribution in [1.82, 2.24) is 15.0 Å². The second-order valence-electron chi connectivity index (χ2n) is 4.78. The molecule has 0 aromatic carbocycles. The fourth-order valence-corrected chi connectivity index (χ4v) is 3.60. The van der Waals surface area contributed by atoms with E-state index in [1.54, 1.807) is 0 Å². The Bertz CT molecular complexity index is 333. The van der Waals surface area contributed by atoms with E-state index in [1.165, 1.54) is 24.3 Å². The standard InChI is InChI=1S/C12H22N4S/c1-2-5-16-12(9-14-15-16)11(13)8-10-3-6-17-7-4-10/h9-11H,2-8,13H2,1H3. The number of thioether (sulfide) groups is 1. The number of aromatic nitrogens is 3. The molecule has 4 nitrogen and oxygen atoms in total. The van der Waals surface area contributed by atoms with Gasteiger partial charge in [0.05, 0.1) is 11.9 Å². The smallest absolute Gasteiger partial charge is 0.0754 e. The van der Waals surface area contributed by atoms with Gasteiger partial charge in [0.2, 0.25) is 0 Å². The number of nitrogens with zero attached hydrogens (tertiary/aromatic N) is 3. The molecule has 1 unspecified atom stereocenters. The maximum atomic E-state index is 6.29. The summed E-state index contributed by atoms with van der Waals surface area (Å²) in [5.74, 6) is 3.38. The van der Waals surface area contributed by atoms with Crippen LogP contribution in [0.4, 0.5) is 0 Å². The zero-order valence-corrected chi connectivity index (χ0v) is 11.3. The summed E-state index contributed by atoms with van der Waals surface area (Å²) in [4.78, 5) is 0. The van der Waals surface area contributed by atoms with E-state index in [-0.39, 0.29) is 6.04 Å². The molecule has 96 valence electrons. The van der Waals surface area contributed by atoms with Crippen LogP contribution in [0.5, 0.6) is 0 Å². The van der Waals surface area contributed by atoms with Crippen molar-refractivity contribution in [1.29, 1.82) is 0 Å². The molecular weight excluding hydrogens is 232 g/mol. The zero-order valence-electron chi connectivity index (χ0n) is 10.5. The summed E-state index contributed by atoms with van der Waals surface area (Å²) in [6, 6.07) is 0.102. The SMILES string of the molecule is CCCn1nncc1C(N)CC1CCSCC1. The Hall–Kier alpha value is -0.550. The average Bonchev–Trinajstić information content (AvgIpc) is 2.79. The number of nitrogens with two attached hydrogens (primary N) is 1. The normalized spacial score (nSPS) is 19.4. The lowest BCUT2D eigenvalue weighted by molar-refractivity contribution is 0.396. The van der Waals surface area contributed by atoms with Gasteiger partial charge in [-0.2, -0.15) is 11.8 Å². The van der Waals surface area contributed by atoms with Crippen molar-refractivity contribution in [2.75, 3.05) is 11.5 Å². The third kappa shape index (κ3) is 3.45. The fourth-order valence-electron chi connectivity index (χ4n) is 2.40. The molecule has 1 saturated heterocycles. The lowest BCUT2D eigenvalue weighted by Gasteiger charge is -2.24. The monoisotopic (exact) mass is 254 g/mol. The van der Waals surface area contributed by atoms with Gasteiger partial charge in [-0.05, 0) is 43.1 Å². The predicted molar refractivity (Wildman–Crippen MR) is 71.9 cm³/mol. The molecule has 0 spiro atoms. The zero-order chi connectivity index (χ0) is 12.1. The second kappa shape index (κ2) is 6.40. The molecule has 17 heavy (non-hydrogen) atoms. The number of hydrogen-bond donors (Lipinski definition) is 1. The van der Waals surface area contributed by atoms with Crippen molar-refractivity contribution < 1.29 is 0 Å². The molecule has 0 aliphatic carbocycles. The van der Waals surface area contributed by atoms with Crippen LogP contribution < -0.4 is 5.73 Å². The molecule has 2 rings (SSSR count). The Kier molecular flexibility index (Phi) is 4.86. The van der Waals surface area contributed by atoms with Crippen LogP contribution in [0.2, 0.25) is 0 Å². The van der Waals surface area contributed by atoms with Crippen LogP contribution >= 0.6 is 11.8 Å². The molecule has 0 saturated carbocycles. The molecule has 2 heterocycles. The van der Waals surface area contributed by atoms with Crippen molar-refractivity contribution >= 4 is 11.8 Å². The van der Waals surface area contributed by atoms with Gasteiger partial charge < -0.3 is 5.73 Å². The van der Waals surface area contributed by atoms with Crippen molar-refractivity contribution in [2.45, 2.75) is 45.2 Å². The molecule has 1 aliphatic heterocycles. The van der Waals surface area contributed by atoms with Gasteiger partial charge in [-0.1, -0.05) is 12.1 Å². The molecule has 2 N–H and O–H groups in total. The predicted octanol–water partition coefficient (Wildman–Crippen LogP) is 2.22. The van der Waals surface area contributed by atoms with E-state index < -0.39 is 0 Å². The van der Waals surface area contributed by atoms with Crippen molar-refractivity contribution in [2.24, 2.45) is 11.7 Å². The van der Waals surface area contributed by atoms with E-state index in [0.717, 1.165) is 31.0 Å². The van der Waals surface area contributed by atoms with Crippen molar-refractivity contribution in [3.05, 3.63) is 11.9 Å². The summed E-state index contributed by atoms with van der Waals surface area (Å²) in [6.07, 6.45) is 6.61. The van der Waals surface area contributed by atoms with E-state index in [2.05, 4.69) is 29.0 Å². The Morgan fingerprint density at radius 2 is 2.29 bits per heavy atom. The Balaban J connectivity index is 1.93. The first-order chi connectivity index (χ1) is 8.31. The highest BCUT2D eigenvalue weighted by atomic mass is 32.2. The summed E-state index contributed by atoms with van der Waals surface area (Å²) in [5, 5.41) is 8.09. The number of aryl methyl sites for hydroxylation is 1. The molecule has 0 radical (unpaired) electrons. The third-order valence-corrected chi connectivity index (χ3v) is 4.44. The maximum Gasteiger partial charge on any atom is 0.0754 e. The van der Waals surface area contributed by atoms with Gasteiger partial charge in [0, 0.05) is 12.6 Å². The van der Waals surface area contributed by atoms with Crippen molar-refractivity contribution in [3.63, 3.8) is 0 Å². The van der Waals surface area contributed by atoms with Crippen LogP contribution in [0.25, 0.3) is 0 Å². The van der Waals surface area contributed by atoms with Crippen LogP contribution in [-0.4, -0.2) is 26.5 Å². The first-order valence-corrected chi connectivity index (χ1v) is 7.68. The molecular formula is C12H22N4S. The highest BCUT2D eigenvalue weighted by Gasteiger charge is 2.20. The molecule has 1 aliphatic rings. The van der Waals surface area contributed by atoms with E-state index in [9.17, 15) is 0 Å². The Morgan fingerprint density at radius 3 is 3.00 bits per heavy atom. The minimum atomic E-state index is 0.102. The van der Waals surface area contributed by atoms with Gasteiger partial charge in [-0.3, -0.25) is 0 Å². The van der Waals surface area contributed by atoms with Crippen LogP contribution in [0.3, 0.4) is 0 Å². The lowest BCUT2D eigenvalue weighted by Crippen LogP contribution is -2.21. The van der Waals surface area contributed by atoms with Gasteiger partial charge in [0.1, 0.15) is 0 Å². The summed E-state index contributed by atoms with van der Waals surface area (Å²) >= 11 is 2.06. The van der Waals surface area contributed by atoms with Gasteiger partial charge in [0.15, 0.2) is 0 Å². The minimum absolute atomic E-state index is 0.102. The molecule has 1 fully saturated rings. The summed E-state index contributed by atoms with van der Waals surface area (Å²) in [7, 11) is 0. The average molecular weight is 254 g/mol. The first kappa shape index (κ1) is 12.9. The summed E-state index contributed by atoms with van der Waals surface area (Å²) in [6.45, 7) is 3.07. The number of rotatable bonds is 5. The maximum absolute atomic E-state index is 6.29. The van der Waals surface area contributed by atoms with Crippen LogP contribution in [-0.2, 0) is 6.54 Å². The van der Waals surface area contributed by atoms with E-state index in [1.807, 2.05) is 10.9 Å². The topological polar surface area (TPSA) is 56.7 Å². The largest absolute Gasteiger partial charge is 0.323 e. The van der Waals surface area contributed by atoms with Crippen LogP contribution in [0.15, 0.2) is 6.20 Å². The van der Waals surface area contributed by atoms with Gasteiger partial charge in [-0.25, -0.2) is 4.68 Å². The summed E-state index contributed by atoms with van der Waals surface area (Å²) in [5.41, 5.74) is 7.40. The van der Waals surface area contributed by atoms with Gasteiger partial charge >= 0.3 is 0 Å². The van der Waals surface area contributed by atoms with Crippen molar-refractivity contribution in [3.8, 4) is 0 Å². The lowest BCUT2D eigenvalue weighted by atomic mass is 9.93.